The summed E-state index contributed by atoms with van der Waals surface area (Å²) in [5, 5.41) is 3.02. The van der Waals surface area contributed by atoms with Crippen LogP contribution in [0.3, 0.4) is 0 Å². The van der Waals surface area contributed by atoms with E-state index < -0.39 is 0 Å². The molecule has 2 aliphatic heterocycles. The highest BCUT2D eigenvalue weighted by Crippen LogP contribution is 2.32. The highest BCUT2D eigenvalue weighted by Gasteiger charge is 2.27. The molecule has 27 heavy (non-hydrogen) atoms. The molecule has 2 heterocycles. The first-order chi connectivity index (χ1) is 13.2. The van der Waals surface area contributed by atoms with Crippen molar-refractivity contribution in [1.82, 2.24) is 0 Å². The molecule has 0 saturated carbocycles. The second-order valence-corrected chi connectivity index (χ2v) is 7.03. The van der Waals surface area contributed by atoms with Crippen molar-refractivity contribution in [2.75, 3.05) is 31.6 Å². The fraction of sp³-hybridized carbons (Fsp3) is 0.318. The van der Waals surface area contributed by atoms with Crippen LogP contribution in [0.15, 0.2) is 54.6 Å². The maximum absolute atomic E-state index is 12.7. The van der Waals surface area contributed by atoms with Gasteiger partial charge in [0.2, 0.25) is 0 Å². The van der Waals surface area contributed by atoms with E-state index in [2.05, 4.69) is 35.7 Å². The highest BCUT2D eigenvalue weighted by atomic mass is 16.6. The molecule has 5 nitrogen and oxygen atoms in total. The maximum atomic E-state index is 12.7. The van der Waals surface area contributed by atoms with Crippen LogP contribution in [0.1, 0.15) is 18.9 Å². The van der Waals surface area contributed by atoms with E-state index in [0.29, 0.717) is 19.0 Å². The summed E-state index contributed by atoms with van der Waals surface area (Å²) in [4.78, 5) is 14.0. The Kier molecular flexibility index (Phi) is 5.12. The van der Waals surface area contributed by atoms with E-state index in [9.17, 15) is 4.79 Å². The van der Waals surface area contributed by atoms with Gasteiger partial charge in [-0.05, 0) is 36.3 Å². The van der Waals surface area contributed by atoms with Crippen molar-refractivity contribution in [2.24, 2.45) is 0 Å². The largest absolute Gasteiger partial charge is 0.486 e. The number of nitrogens with one attached hydrogen (secondary N) is 2. The third-order valence-electron chi connectivity index (χ3n) is 5.29. The van der Waals surface area contributed by atoms with Crippen LogP contribution in [-0.2, 0) is 4.79 Å². The summed E-state index contributed by atoms with van der Waals surface area (Å²) < 4.78 is 11.1. The SMILES string of the molecule is C[C@H](C(=O)Nc1ccc2c(c1)OCCO2)[NH+]1CC=C(c2ccccc2)CC1. The van der Waals surface area contributed by atoms with E-state index in [-0.39, 0.29) is 11.9 Å². The Labute approximate surface area is 159 Å². The van der Waals surface area contributed by atoms with Crippen LogP contribution in [0.4, 0.5) is 5.69 Å². The number of carbonyl (C=O) groups excluding carboxylic acids is 1. The number of hydrogen-bond acceptors (Lipinski definition) is 3. The molecule has 0 aromatic heterocycles. The fourth-order valence-corrected chi connectivity index (χ4v) is 3.62. The Hall–Kier alpha value is -2.79. The number of rotatable bonds is 4. The number of hydrogen-bond donors (Lipinski definition) is 2. The lowest BCUT2D eigenvalue weighted by Crippen LogP contribution is -3.17. The van der Waals surface area contributed by atoms with E-state index in [0.717, 1.165) is 30.9 Å². The third-order valence-corrected chi connectivity index (χ3v) is 5.29. The summed E-state index contributed by atoms with van der Waals surface area (Å²) in [5.74, 6) is 1.44. The van der Waals surface area contributed by atoms with Crippen LogP contribution >= 0.6 is 0 Å². The van der Waals surface area contributed by atoms with Gasteiger partial charge in [-0.25, -0.2) is 0 Å². The number of benzene rings is 2. The Balaban J connectivity index is 1.38. The molecule has 0 saturated heterocycles. The Bertz CT molecular complexity index is 848. The molecular weight excluding hydrogens is 340 g/mol. The molecule has 0 radical (unpaired) electrons. The van der Waals surface area contributed by atoms with Crippen molar-refractivity contribution in [3.8, 4) is 11.5 Å². The summed E-state index contributed by atoms with van der Waals surface area (Å²) >= 11 is 0. The van der Waals surface area contributed by atoms with Crippen molar-refractivity contribution in [3.63, 3.8) is 0 Å². The van der Waals surface area contributed by atoms with Crippen molar-refractivity contribution in [2.45, 2.75) is 19.4 Å². The van der Waals surface area contributed by atoms with Gasteiger partial charge in [0.1, 0.15) is 13.2 Å². The van der Waals surface area contributed by atoms with Gasteiger partial charge in [-0.15, -0.1) is 0 Å². The molecule has 2 aliphatic rings. The van der Waals surface area contributed by atoms with Crippen LogP contribution in [0.25, 0.3) is 5.57 Å². The third kappa shape index (κ3) is 3.98. The molecular formula is C22H25N2O3+. The van der Waals surface area contributed by atoms with Crippen molar-refractivity contribution >= 4 is 17.2 Å². The second-order valence-electron chi connectivity index (χ2n) is 7.03. The Morgan fingerprint density at radius 1 is 1.07 bits per heavy atom. The van der Waals surface area contributed by atoms with Crippen LogP contribution in [0.2, 0.25) is 0 Å². The minimum Gasteiger partial charge on any atom is -0.486 e. The first-order valence-electron chi connectivity index (χ1n) is 9.50. The summed E-state index contributed by atoms with van der Waals surface area (Å²) in [5.41, 5.74) is 3.40. The van der Waals surface area contributed by atoms with Gasteiger partial charge in [-0.2, -0.15) is 0 Å². The van der Waals surface area contributed by atoms with E-state index in [1.807, 2.05) is 31.2 Å². The lowest BCUT2D eigenvalue weighted by atomic mass is 9.99. The predicted octanol–water partition coefficient (Wildman–Crippen LogP) is 2.16. The first-order valence-corrected chi connectivity index (χ1v) is 9.50. The zero-order valence-electron chi connectivity index (χ0n) is 15.5. The first kappa shape index (κ1) is 17.6. The van der Waals surface area contributed by atoms with E-state index in [1.54, 1.807) is 0 Å². The van der Waals surface area contributed by atoms with Crippen molar-refractivity contribution < 1.29 is 19.2 Å². The van der Waals surface area contributed by atoms with Gasteiger partial charge in [-0.3, -0.25) is 4.79 Å². The van der Waals surface area contributed by atoms with E-state index in [4.69, 9.17) is 9.47 Å². The van der Waals surface area contributed by atoms with Gasteiger partial charge in [-0.1, -0.05) is 30.3 Å². The molecule has 2 aromatic carbocycles. The van der Waals surface area contributed by atoms with E-state index >= 15 is 0 Å². The minimum atomic E-state index is -0.119. The lowest BCUT2D eigenvalue weighted by Gasteiger charge is -2.28. The molecule has 1 amide bonds. The summed E-state index contributed by atoms with van der Waals surface area (Å²) in [6.07, 6.45) is 3.25. The maximum Gasteiger partial charge on any atom is 0.282 e. The van der Waals surface area contributed by atoms with Gasteiger partial charge in [0.25, 0.3) is 5.91 Å². The van der Waals surface area contributed by atoms with Crippen molar-refractivity contribution in [3.05, 3.63) is 60.2 Å². The molecule has 0 spiro atoms. The van der Waals surface area contributed by atoms with Crippen LogP contribution < -0.4 is 19.7 Å². The molecule has 0 bridgehead atoms. The normalized spacial score (nSPS) is 19.7. The Morgan fingerprint density at radius 2 is 1.85 bits per heavy atom. The monoisotopic (exact) mass is 365 g/mol. The fourth-order valence-electron chi connectivity index (χ4n) is 3.62. The summed E-state index contributed by atoms with van der Waals surface area (Å²) in [6, 6.07) is 15.9. The molecule has 0 aliphatic carbocycles. The number of anilines is 1. The number of quaternary nitrogens is 1. The second kappa shape index (κ2) is 7.84. The predicted molar refractivity (Wildman–Crippen MR) is 105 cm³/mol. The summed E-state index contributed by atoms with van der Waals surface area (Å²) in [6.45, 7) is 4.90. The molecule has 1 unspecified atom stereocenters. The summed E-state index contributed by atoms with van der Waals surface area (Å²) in [7, 11) is 0. The van der Waals surface area contributed by atoms with E-state index in [1.165, 1.54) is 16.0 Å². The number of amides is 1. The van der Waals surface area contributed by atoms with Gasteiger partial charge < -0.3 is 19.7 Å². The average Bonchev–Trinajstić information content (AvgIpc) is 2.74. The number of carbonyl (C=O) groups is 1. The van der Waals surface area contributed by atoms with Gasteiger partial charge >= 0.3 is 0 Å². The number of fused-ring (bicyclic) bond motifs is 1. The van der Waals surface area contributed by atoms with Crippen molar-refractivity contribution in [1.29, 1.82) is 0 Å². The topological polar surface area (TPSA) is 52.0 Å². The zero-order chi connectivity index (χ0) is 18.6. The smallest absolute Gasteiger partial charge is 0.282 e. The quantitative estimate of drug-likeness (QED) is 0.873. The molecule has 2 aromatic rings. The lowest BCUT2D eigenvalue weighted by molar-refractivity contribution is -0.909. The van der Waals surface area contributed by atoms with Gasteiger partial charge in [0.15, 0.2) is 17.5 Å². The van der Waals surface area contributed by atoms with Crippen LogP contribution in [0.5, 0.6) is 11.5 Å². The standard InChI is InChI=1S/C22H24N2O3/c1-16(24-11-9-18(10-12-24)17-5-3-2-4-6-17)22(25)23-19-7-8-20-21(15-19)27-14-13-26-20/h2-9,15-16H,10-14H2,1H3,(H,23,25)/p+1/t16-/m1/s1. The van der Waals surface area contributed by atoms with Crippen LogP contribution in [-0.4, -0.2) is 38.3 Å². The molecule has 2 N–H and O–H groups in total. The Morgan fingerprint density at radius 3 is 2.59 bits per heavy atom. The number of ether oxygens (including phenoxy) is 2. The molecule has 5 heteroatoms. The zero-order valence-corrected chi connectivity index (χ0v) is 15.5. The van der Waals surface area contributed by atoms with Crippen LogP contribution in [0, 0.1) is 0 Å². The average molecular weight is 365 g/mol. The molecule has 2 atom stereocenters. The highest BCUT2D eigenvalue weighted by molar-refractivity contribution is 5.94. The molecule has 0 fully saturated rings. The van der Waals surface area contributed by atoms with Gasteiger partial charge in [0, 0.05) is 18.2 Å². The molecule has 140 valence electrons. The molecule has 4 rings (SSSR count). The van der Waals surface area contributed by atoms with Gasteiger partial charge in [0.05, 0.1) is 13.1 Å². The minimum absolute atomic E-state index is 0.0261.